The molecule has 0 aromatic heterocycles. The van der Waals surface area contributed by atoms with Gasteiger partial charge < -0.3 is 10.2 Å². The second kappa shape index (κ2) is 15.8. The van der Waals surface area contributed by atoms with Crippen LogP contribution in [0.3, 0.4) is 0 Å². The maximum absolute atomic E-state index is 13.0. The van der Waals surface area contributed by atoms with Crippen LogP contribution in [-0.2, 0) is 4.84 Å². The average Bonchev–Trinajstić information content (AvgIpc) is 2.65. The molecule has 3 nitrogen and oxygen atoms in total. The van der Waals surface area contributed by atoms with Gasteiger partial charge in [-0.15, -0.1) is 0 Å². The molecule has 1 aromatic rings. The summed E-state index contributed by atoms with van der Waals surface area (Å²) in [6, 6.07) is 6.40. The minimum Gasteiger partial charge on any atom is -0.399 e. The lowest BCUT2D eigenvalue weighted by molar-refractivity contribution is 0.213. The molecule has 4 heteroatoms. The monoisotopic (exact) mass is 364 g/mol. The van der Waals surface area contributed by atoms with Gasteiger partial charge in [-0.3, -0.25) is 0 Å². The Morgan fingerprint density at radius 2 is 1.46 bits per heavy atom. The van der Waals surface area contributed by atoms with Crippen molar-refractivity contribution < 1.29 is 9.23 Å². The molecular formula is C22H37FN2O. The predicted octanol–water partition coefficient (Wildman–Crippen LogP) is 6.08. The van der Waals surface area contributed by atoms with Gasteiger partial charge in [-0.05, 0) is 30.7 Å². The summed E-state index contributed by atoms with van der Waals surface area (Å²) in [6.07, 6.45) is 14.4. The topological polar surface area (TPSA) is 33.6 Å². The van der Waals surface area contributed by atoms with E-state index in [4.69, 9.17) is 4.84 Å². The Bertz CT molecular complexity index is 474. The van der Waals surface area contributed by atoms with Gasteiger partial charge in [0.1, 0.15) is 12.9 Å². The van der Waals surface area contributed by atoms with E-state index in [1.165, 1.54) is 76.3 Å². The highest BCUT2D eigenvalue weighted by Crippen LogP contribution is 2.10. The molecule has 0 aliphatic heterocycles. The smallest absolute Gasteiger partial charge is 0.123 e. The number of unbranched alkanes of at least 4 members (excludes halogenated alkanes) is 9. The van der Waals surface area contributed by atoms with Crippen LogP contribution in [0.25, 0.3) is 0 Å². The van der Waals surface area contributed by atoms with Crippen molar-refractivity contribution in [1.82, 2.24) is 5.32 Å². The van der Waals surface area contributed by atoms with Crippen molar-refractivity contribution in [2.45, 2.75) is 77.6 Å². The Morgan fingerprint density at radius 3 is 2.04 bits per heavy atom. The molecule has 148 valence electrons. The first kappa shape index (κ1) is 22.6. The fraction of sp³-hybridized carbons (Fsp3) is 0.682. The van der Waals surface area contributed by atoms with Crippen LogP contribution >= 0.6 is 0 Å². The van der Waals surface area contributed by atoms with Gasteiger partial charge in [-0.25, -0.2) is 4.39 Å². The third-order valence-corrected chi connectivity index (χ3v) is 4.62. The van der Waals surface area contributed by atoms with E-state index in [9.17, 15) is 4.39 Å². The second-order valence-corrected chi connectivity index (χ2v) is 6.91. The Balaban J connectivity index is 2.01. The SMILES string of the molecule is CCCCCCCCCCCCNCC/C(=N/OC)c1ccc(F)cc1. The molecule has 0 radical (unpaired) electrons. The second-order valence-electron chi connectivity index (χ2n) is 6.91. The highest BCUT2D eigenvalue weighted by molar-refractivity contribution is 6.00. The molecule has 0 fully saturated rings. The summed E-state index contributed by atoms with van der Waals surface area (Å²) in [4.78, 5) is 4.92. The van der Waals surface area contributed by atoms with E-state index < -0.39 is 0 Å². The van der Waals surface area contributed by atoms with E-state index in [1.807, 2.05) is 0 Å². The fourth-order valence-corrected chi connectivity index (χ4v) is 3.06. The standard InChI is InChI=1S/C22H37FN2O/c1-3-4-5-6-7-8-9-10-11-12-18-24-19-17-22(25-26-2)20-13-15-21(23)16-14-20/h13-16,24H,3-12,17-19H2,1-2H3/b25-22-. The van der Waals surface area contributed by atoms with Crippen LogP contribution in [0.5, 0.6) is 0 Å². The maximum Gasteiger partial charge on any atom is 0.123 e. The molecule has 0 bridgehead atoms. The summed E-state index contributed by atoms with van der Waals surface area (Å²) in [5.41, 5.74) is 1.76. The van der Waals surface area contributed by atoms with Gasteiger partial charge in [0.15, 0.2) is 0 Å². The summed E-state index contributed by atoms with van der Waals surface area (Å²) < 4.78 is 13.0. The lowest BCUT2D eigenvalue weighted by Crippen LogP contribution is -2.20. The minimum atomic E-state index is -0.232. The number of hydrogen-bond donors (Lipinski definition) is 1. The van der Waals surface area contributed by atoms with Crippen molar-refractivity contribution >= 4 is 5.71 Å². The van der Waals surface area contributed by atoms with E-state index in [1.54, 1.807) is 19.2 Å². The van der Waals surface area contributed by atoms with Gasteiger partial charge in [-0.1, -0.05) is 82.0 Å². The van der Waals surface area contributed by atoms with E-state index in [0.29, 0.717) is 0 Å². The molecule has 0 saturated heterocycles. The largest absolute Gasteiger partial charge is 0.399 e. The lowest BCUT2D eigenvalue weighted by Gasteiger charge is -2.08. The van der Waals surface area contributed by atoms with Gasteiger partial charge in [0, 0.05) is 13.0 Å². The normalized spacial score (nSPS) is 11.7. The van der Waals surface area contributed by atoms with E-state index in [2.05, 4.69) is 17.4 Å². The third-order valence-electron chi connectivity index (χ3n) is 4.62. The van der Waals surface area contributed by atoms with Crippen LogP contribution in [0.1, 0.15) is 83.1 Å². The predicted molar refractivity (Wildman–Crippen MR) is 109 cm³/mol. The average molecular weight is 365 g/mol. The first-order chi connectivity index (χ1) is 12.8. The first-order valence-electron chi connectivity index (χ1n) is 10.3. The zero-order valence-corrected chi connectivity index (χ0v) is 16.7. The molecule has 1 rings (SSSR count). The van der Waals surface area contributed by atoms with E-state index in [-0.39, 0.29) is 5.82 Å². The number of halogens is 1. The zero-order chi connectivity index (χ0) is 18.9. The molecule has 0 spiro atoms. The molecule has 0 amide bonds. The highest BCUT2D eigenvalue weighted by atomic mass is 19.1. The number of oxime groups is 1. The van der Waals surface area contributed by atoms with Crippen molar-refractivity contribution in [3.05, 3.63) is 35.6 Å². The van der Waals surface area contributed by atoms with Crippen LogP contribution < -0.4 is 5.32 Å². The number of benzene rings is 1. The number of nitrogens with zero attached hydrogens (tertiary/aromatic N) is 1. The molecule has 0 aliphatic carbocycles. The molecule has 1 aromatic carbocycles. The van der Waals surface area contributed by atoms with Crippen molar-refractivity contribution in [2.24, 2.45) is 5.16 Å². The third kappa shape index (κ3) is 11.2. The van der Waals surface area contributed by atoms with E-state index in [0.717, 1.165) is 30.8 Å². The maximum atomic E-state index is 13.0. The van der Waals surface area contributed by atoms with Crippen LogP contribution in [0.4, 0.5) is 4.39 Å². The summed E-state index contributed by atoms with van der Waals surface area (Å²) >= 11 is 0. The highest BCUT2D eigenvalue weighted by Gasteiger charge is 2.05. The summed E-state index contributed by atoms with van der Waals surface area (Å²) in [7, 11) is 1.54. The van der Waals surface area contributed by atoms with Gasteiger partial charge >= 0.3 is 0 Å². The fourth-order valence-electron chi connectivity index (χ4n) is 3.06. The van der Waals surface area contributed by atoms with Crippen molar-refractivity contribution in [2.75, 3.05) is 20.2 Å². The van der Waals surface area contributed by atoms with Crippen LogP contribution in [-0.4, -0.2) is 25.9 Å². The molecule has 0 heterocycles. The van der Waals surface area contributed by atoms with Gasteiger partial charge in [0.2, 0.25) is 0 Å². The van der Waals surface area contributed by atoms with Crippen molar-refractivity contribution in [3.63, 3.8) is 0 Å². The van der Waals surface area contributed by atoms with Crippen molar-refractivity contribution in [1.29, 1.82) is 0 Å². The molecule has 0 aliphatic rings. The van der Waals surface area contributed by atoms with Crippen LogP contribution in [0.2, 0.25) is 0 Å². The molecule has 0 saturated carbocycles. The van der Waals surface area contributed by atoms with E-state index >= 15 is 0 Å². The summed E-state index contributed by atoms with van der Waals surface area (Å²) in [5, 5.41) is 7.54. The van der Waals surface area contributed by atoms with Crippen LogP contribution in [0.15, 0.2) is 29.4 Å². The quantitative estimate of drug-likeness (QED) is 0.219. The zero-order valence-electron chi connectivity index (χ0n) is 16.7. The summed E-state index contributed by atoms with van der Waals surface area (Å²) in [6.45, 7) is 4.17. The minimum absolute atomic E-state index is 0.232. The van der Waals surface area contributed by atoms with Crippen molar-refractivity contribution in [3.8, 4) is 0 Å². The number of nitrogens with one attached hydrogen (secondary N) is 1. The molecule has 0 unspecified atom stereocenters. The Kier molecular flexibility index (Phi) is 13.8. The molecule has 0 atom stereocenters. The molecule has 1 N–H and O–H groups in total. The lowest BCUT2D eigenvalue weighted by atomic mass is 10.1. The number of hydrogen-bond acceptors (Lipinski definition) is 3. The Hall–Kier alpha value is -1.42. The number of rotatable bonds is 16. The first-order valence-corrected chi connectivity index (χ1v) is 10.3. The van der Waals surface area contributed by atoms with Gasteiger partial charge in [0.25, 0.3) is 0 Å². The Morgan fingerprint density at radius 1 is 0.885 bits per heavy atom. The molecular weight excluding hydrogens is 327 g/mol. The Labute approximate surface area is 159 Å². The van der Waals surface area contributed by atoms with Gasteiger partial charge in [0.05, 0.1) is 5.71 Å². The molecule has 26 heavy (non-hydrogen) atoms. The van der Waals surface area contributed by atoms with Gasteiger partial charge in [-0.2, -0.15) is 0 Å². The van der Waals surface area contributed by atoms with Crippen LogP contribution in [0, 0.1) is 5.82 Å². The summed E-state index contributed by atoms with van der Waals surface area (Å²) in [5.74, 6) is -0.232.